The average molecular weight is 409 g/mol. The lowest BCUT2D eigenvalue weighted by Gasteiger charge is -2.11. The molecule has 1 aromatic carbocycles. The summed E-state index contributed by atoms with van der Waals surface area (Å²) in [6.07, 6.45) is 4.83. The highest BCUT2D eigenvalue weighted by Crippen LogP contribution is 2.35. The molecule has 5 rings (SSSR count). The van der Waals surface area contributed by atoms with Crippen LogP contribution < -0.4 is 10.5 Å². The van der Waals surface area contributed by atoms with Gasteiger partial charge in [-0.25, -0.2) is 4.98 Å². The van der Waals surface area contributed by atoms with Crippen LogP contribution in [0.15, 0.2) is 39.5 Å². The van der Waals surface area contributed by atoms with E-state index < -0.39 is 0 Å². The third-order valence-electron chi connectivity index (χ3n) is 5.26. The molecule has 0 saturated carbocycles. The molecule has 0 bridgehead atoms. The fourth-order valence-electron chi connectivity index (χ4n) is 3.85. The van der Waals surface area contributed by atoms with Crippen LogP contribution in [-0.2, 0) is 25.9 Å². The standard InChI is InChI=1S/C21H21N5O2S/c1-26(11-18-22-15-8-4-3-7-14(15)20(27)23-18)12-19-24-25-21(28-19)17-10-13-6-2-5-9-16(13)29-17/h3-4,7-8,10H,2,5-6,9,11-12H2,1H3,(H,22,23,27)/p+1. The first-order valence-corrected chi connectivity index (χ1v) is 10.7. The van der Waals surface area contributed by atoms with Gasteiger partial charge in [0.05, 0.1) is 22.8 Å². The molecular weight excluding hydrogens is 386 g/mol. The SMILES string of the molecule is C[NH+](Cc1nc2ccccc2c(=O)[nH]1)Cc1nnc(-c2cc3c(s2)CCCC3)o1. The summed E-state index contributed by atoms with van der Waals surface area (Å²) in [7, 11) is 2.02. The Morgan fingerprint density at radius 3 is 2.93 bits per heavy atom. The van der Waals surface area contributed by atoms with Crippen molar-refractivity contribution >= 4 is 22.2 Å². The number of hydrogen-bond acceptors (Lipinski definition) is 6. The van der Waals surface area contributed by atoms with Crippen molar-refractivity contribution in [2.45, 2.75) is 38.8 Å². The average Bonchev–Trinajstić information content (AvgIpc) is 3.34. The Labute approximate surface area is 171 Å². The number of hydrogen-bond donors (Lipinski definition) is 2. The van der Waals surface area contributed by atoms with Gasteiger partial charge >= 0.3 is 0 Å². The molecule has 1 unspecified atom stereocenters. The first kappa shape index (κ1) is 18.2. The minimum Gasteiger partial charge on any atom is -0.414 e. The third kappa shape index (κ3) is 3.73. The molecule has 3 aromatic heterocycles. The van der Waals surface area contributed by atoms with Gasteiger partial charge < -0.3 is 14.3 Å². The van der Waals surface area contributed by atoms with E-state index in [2.05, 4.69) is 26.2 Å². The summed E-state index contributed by atoms with van der Waals surface area (Å²) in [6.45, 7) is 1.12. The molecule has 2 N–H and O–H groups in total. The van der Waals surface area contributed by atoms with Crippen molar-refractivity contribution in [2.24, 2.45) is 0 Å². The summed E-state index contributed by atoms with van der Waals surface area (Å²) in [4.78, 5) is 23.3. The second-order valence-electron chi connectivity index (χ2n) is 7.61. The number of fused-ring (bicyclic) bond motifs is 2. The number of nitrogens with zero attached hydrogens (tertiary/aromatic N) is 3. The van der Waals surface area contributed by atoms with Gasteiger partial charge in [0.1, 0.15) is 6.54 Å². The molecule has 0 radical (unpaired) electrons. The molecule has 0 aliphatic heterocycles. The number of quaternary nitrogens is 1. The second-order valence-corrected chi connectivity index (χ2v) is 8.74. The maximum Gasteiger partial charge on any atom is 0.271 e. The van der Waals surface area contributed by atoms with Crippen LogP contribution >= 0.6 is 11.3 Å². The number of para-hydroxylation sites is 1. The monoisotopic (exact) mass is 408 g/mol. The highest BCUT2D eigenvalue weighted by molar-refractivity contribution is 7.15. The third-order valence-corrected chi connectivity index (χ3v) is 6.48. The zero-order chi connectivity index (χ0) is 19.8. The number of aromatic amines is 1. The van der Waals surface area contributed by atoms with Crippen molar-refractivity contribution in [3.05, 3.63) is 62.8 Å². The number of aryl methyl sites for hydroxylation is 2. The van der Waals surface area contributed by atoms with Gasteiger partial charge in [-0.3, -0.25) is 4.79 Å². The zero-order valence-electron chi connectivity index (χ0n) is 16.2. The van der Waals surface area contributed by atoms with E-state index in [-0.39, 0.29) is 5.56 Å². The molecule has 4 aromatic rings. The number of nitrogens with one attached hydrogen (secondary N) is 2. The van der Waals surface area contributed by atoms with Crippen LogP contribution in [0.3, 0.4) is 0 Å². The molecule has 0 saturated heterocycles. The van der Waals surface area contributed by atoms with Gasteiger partial charge in [-0.2, -0.15) is 0 Å². The maximum atomic E-state index is 12.2. The number of H-pyrrole nitrogens is 1. The van der Waals surface area contributed by atoms with Crippen LogP contribution in [0.5, 0.6) is 0 Å². The van der Waals surface area contributed by atoms with E-state index in [1.807, 2.05) is 25.2 Å². The summed E-state index contributed by atoms with van der Waals surface area (Å²) in [5.74, 6) is 1.84. The molecule has 1 aliphatic carbocycles. The topological polar surface area (TPSA) is 89.1 Å². The molecule has 1 atom stereocenters. The van der Waals surface area contributed by atoms with Gasteiger partial charge in [0.25, 0.3) is 17.3 Å². The van der Waals surface area contributed by atoms with Gasteiger partial charge in [-0.1, -0.05) is 12.1 Å². The van der Waals surface area contributed by atoms with E-state index in [0.717, 1.165) is 22.6 Å². The Morgan fingerprint density at radius 1 is 1.17 bits per heavy atom. The Kier molecular flexibility index (Phi) is 4.73. The molecular formula is C21H22N5O2S+. The van der Waals surface area contributed by atoms with E-state index in [1.165, 1.54) is 23.3 Å². The van der Waals surface area contributed by atoms with Crippen molar-refractivity contribution in [3.8, 4) is 10.8 Å². The highest BCUT2D eigenvalue weighted by atomic mass is 32.1. The smallest absolute Gasteiger partial charge is 0.271 e. The van der Waals surface area contributed by atoms with Crippen LogP contribution in [0, 0.1) is 0 Å². The van der Waals surface area contributed by atoms with Gasteiger partial charge in [0.15, 0.2) is 12.4 Å². The molecule has 3 heterocycles. The van der Waals surface area contributed by atoms with E-state index in [0.29, 0.717) is 41.6 Å². The van der Waals surface area contributed by atoms with Crippen LogP contribution in [0.1, 0.15) is 35.0 Å². The predicted molar refractivity (Wildman–Crippen MR) is 111 cm³/mol. The lowest BCUT2D eigenvalue weighted by Crippen LogP contribution is -3.06. The molecule has 0 spiro atoms. The summed E-state index contributed by atoms with van der Waals surface area (Å²) >= 11 is 1.77. The summed E-state index contributed by atoms with van der Waals surface area (Å²) in [5, 5.41) is 9.08. The van der Waals surface area contributed by atoms with Gasteiger partial charge in [0.2, 0.25) is 0 Å². The molecule has 29 heavy (non-hydrogen) atoms. The Balaban J connectivity index is 1.30. The molecule has 1 aliphatic rings. The van der Waals surface area contributed by atoms with Crippen LogP contribution in [0.4, 0.5) is 0 Å². The number of rotatable bonds is 5. The summed E-state index contributed by atoms with van der Waals surface area (Å²) in [5.41, 5.74) is 2.03. The number of thiophene rings is 1. The predicted octanol–water partition coefficient (Wildman–Crippen LogP) is 2.13. The van der Waals surface area contributed by atoms with Gasteiger partial charge in [0, 0.05) is 4.88 Å². The summed E-state index contributed by atoms with van der Waals surface area (Å²) < 4.78 is 5.92. The number of benzene rings is 1. The minimum atomic E-state index is -0.111. The van der Waals surface area contributed by atoms with Crippen LogP contribution in [0.2, 0.25) is 0 Å². The maximum absolute atomic E-state index is 12.2. The van der Waals surface area contributed by atoms with Crippen molar-refractivity contribution < 1.29 is 9.32 Å². The normalized spacial score (nSPS) is 14.8. The van der Waals surface area contributed by atoms with E-state index in [9.17, 15) is 4.79 Å². The fraction of sp³-hybridized carbons (Fsp3) is 0.333. The molecule has 148 valence electrons. The summed E-state index contributed by atoms with van der Waals surface area (Å²) in [6, 6.07) is 9.57. The molecule has 8 heteroatoms. The quantitative estimate of drug-likeness (QED) is 0.528. The van der Waals surface area contributed by atoms with Gasteiger partial charge in [-0.15, -0.1) is 21.5 Å². The fourth-order valence-corrected chi connectivity index (χ4v) is 5.02. The second kappa shape index (κ2) is 7.53. The first-order chi connectivity index (χ1) is 14.2. The molecule has 7 nitrogen and oxygen atoms in total. The lowest BCUT2D eigenvalue weighted by atomic mass is 9.99. The highest BCUT2D eigenvalue weighted by Gasteiger charge is 2.19. The van der Waals surface area contributed by atoms with Crippen molar-refractivity contribution in [3.63, 3.8) is 0 Å². The van der Waals surface area contributed by atoms with E-state index in [4.69, 9.17) is 4.42 Å². The van der Waals surface area contributed by atoms with Crippen LogP contribution in [-0.4, -0.2) is 27.2 Å². The first-order valence-electron chi connectivity index (χ1n) is 9.89. The van der Waals surface area contributed by atoms with Crippen molar-refractivity contribution in [2.75, 3.05) is 7.05 Å². The number of aromatic nitrogens is 4. The zero-order valence-corrected chi connectivity index (χ0v) is 17.0. The Morgan fingerprint density at radius 2 is 2.03 bits per heavy atom. The van der Waals surface area contributed by atoms with Crippen LogP contribution in [0.25, 0.3) is 21.7 Å². The molecule has 0 amide bonds. The Bertz CT molecular complexity index is 1200. The largest absolute Gasteiger partial charge is 0.414 e. The van der Waals surface area contributed by atoms with E-state index >= 15 is 0 Å². The van der Waals surface area contributed by atoms with E-state index in [1.54, 1.807) is 17.4 Å². The molecule has 0 fully saturated rings. The van der Waals surface area contributed by atoms with Gasteiger partial charge in [-0.05, 0) is 49.4 Å². The van der Waals surface area contributed by atoms with Crippen molar-refractivity contribution in [1.29, 1.82) is 0 Å². The minimum absolute atomic E-state index is 0.111. The lowest BCUT2D eigenvalue weighted by molar-refractivity contribution is -0.909. The Hall–Kier alpha value is -2.84. The van der Waals surface area contributed by atoms with Crippen molar-refractivity contribution in [1.82, 2.24) is 20.2 Å².